The molecule has 2 rings (SSSR count). The Balaban J connectivity index is 1.64. The van der Waals surface area contributed by atoms with E-state index in [9.17, 15) is 9.59 Å². The quantitative estimate of drug-likeness (QED) is 0.0963. The Kier molecular flexibility index (Phi) is 18.6. The highest BCUT2D eigenvalue weighted by atomic mass is 32.2. The lowest BCUT2D eigenvalue weighted by molar-refractivity contribution is -0.165. The van der Waals surface area contributed by atoms with Gasteiger partial charge in [0.15, 0.2) is 0 Å². The summed E-state index contributed by atoms with van der Waals surface area (Å²) < 4.78 is 12.3. The molecule has 228 valence electrons. The summed E-state index contributed by atoms with van der Waals surface area (Å²) >= 11 is 1.69. The van der Waals surface area contributed by atoms with E-state index in [1.54, 1.807) is 11.8 Å². The fourth-order valence-electron chi connectivity index (χ4n) is 6.65. The molecule has 2 aliphatic rings. The minimum Gasteiger partial charge on any atom is -0.459 e. The molecule has 39 heavy (non-hydrogen) atoms. The average molecular weight is 567 g/mol. The second-order valence-electron chi connectivity index (χ2n) is 12.6. The van der Waals surface area contributed by atoms with Crippen LogP contribution in [-0.2, 0) is 19.1 Å². The minimum absolute atomic E-state index is 0.0435. The van der Waals surface area contributed by atoms with E-state index < -0.39 is 0 Å². The zero-order chi connectivity index (χ0) is 28.1. The normalized spacial score (nSPS) is 18.5. The second kappa shape index (κ2) is 21.1. The lowest BCUT2D eigenvalue weighted by Gasteiger charge is -2.37. The van der Waals surface area contributed by atoms with E-state index >= 15 is 0 Å². The largest absolute Gasteiger partial charge is 0.459 e. The van der Waals surface area contributed by atoms with Gasteiger partial charge in [0, 0.05) is 11.5 Å². The van der Waals surface area contributed by atoms with Crippen LogP contribution in [0.1, 0.15) is 181 Å². The predicted molar refractivity (Wildman–Crippen MR) is 166 cm³/mol. The van der Waals surface area contributed by atoms with Crippen LogP contribution in [0.4, 0.5) is 0 Å². The maximum Gasteiger partial charge on any atom is 0.307 e. The van der Waals surface area contributed by atoms with Gasteiger partial charge in [-0.05, 0) is 77.0 Å². The molecular weight excluding hydrogens is 504 g/mol. The number of unbranched alkanes of at least 4 members (excludes halogenated alkanes) is 10. The molecule has 0 aromatic rings. The third-order valence-electron chi connectivity index (χ3n) is 9.06. The Morgan fingerprint density at radius 1 is 0.538 bits per heavy atom. The van der Waals surface area contributed by atoms with Crippen LogP contribution in [0.25, 0.3) is 0 Å². The molecule has 0 heterocycles. The van der Waals surface area contributed by atoms with E-state index in [0.717, 1.165) is 50.0 Å². The van der Waals surface area contributed by atoms with Crippen molar-refractivity contribution in [1.82, 2.24) is 0 Å². The molecule has 0 N–H and O–H groups in total. The van der Waals surface area contributed by atoms with E-state index in [1.165, 1.54) is 116 Å². The zero-order valence-electron chi connectivity index (χ0n) is 25.8. The Bertz CT molecular complexity index is 583. The van der Waals surface area contributed by atoms with Crippen LogP contribution in [0.5, 0.6) is 0 Å². The van der Waals surface area contributed by atoms with Crippen LogP contribution in [0.2, 0.25) is 0 Å². The minimum atomic E-state index is -0.209. The fourth-order valence-corrected chi connectivity index (χ4v) is 7.48. The number of esters is 2. The van der Waals surface area contributed by atoms with Gasteiger partial charge >= 0.3 is 11.9 Å². The summed E-state index contributed by atoms with van der Waals surface area (Å²) in [5.41, 5.74) is -0.419. The molecule has 0 saturated heterocycles. The molecule has 0 aliphatic heterocycles. The SMILES string of the molecule is CCCCCCCCC1(OC(=O)CCSCCC(=O)OC2(CCCCCCCC)CCCCC2)CCCCC1. The fraction of sp³-hybridized carbons (Fsp3) is 0.941. The van der Waals surface area contributed by atoms with Crippen LogP contribution in [-0.4, -0.2) is 34.6 Å². The van der Waals surface area contributed by atoms with Crippen molar-refractivity contribution in [3.8, 4) is 0 Å². The Morgan fingerprint density at radius 2 is 0.897 bits per heavy atom. The van der Waals surface area contributed by atoms with Crippen molar-refractivity contribution in [2.45, 2.75) is 192 Å². The average Bonchev–Trinajstić information content (AvgIpc) is 2.93. The van der Waals surface area contributed by atoms with Gasteiger partial charge < -0.3 is 9.47 Å². The first kappa shape index (κ1) is 34.5. The number of hydrogen-bond acceptors (Lipinski definition) is 5. The second-order valence-corrected chi connectivity index (χ2v) is 13.8. The Morgan fingerprint density at radius 3 is 1.28 bits per heavy atom. The monoisotopic (exact) mass is 566 g/mol. The molecule has 4 nitrogen and oxygen atoms in total. The maximum absolute atomic E-state index is 12.7. The van der Waals surface area contributed by atoms with E-state index in [0.29, 0.717) is 12.8 Å². The van der Waals surface area contributed by atoms with Gasteiger partial charge in [-0.1, -0.05) is 90.9 Å². The first-order chi connectivity index (χ1) is 19.0. The highest BCUT2D eigenvalue weighted by molar-refractivity contribution is 7.99. The lowest BCUT2D eigenvalue weighted by Crippen LogP contribution is -2.37. The molecule has 5 heteroatoms. The first-order valence-corrected chi connectivity index (χ1v) is 18.2. The molecule has 0 unspecified atom stereocenters. The van der Waals surface area contributed by atoms with Crippen molar-refractivity contribution in [2.75, 3.05) is 11.5 Å². The van der Waals surface area contributed by atoms with Crippen LogP contribution in [0, 0.1) is 0 Å². The van der Waals surface area contributed by atoms with E-state index in [4.69, 9.17) is 9.47 Å². The molecule has 0 aromatic carbocycles. The van der Waals surface area contributed by atoms with Gasteiger partial charge in [0.2, 0.25) is 0 Å². The van der Waals surface area contributed by atoms with Crippen LogP contribution < -0.4 is 0 Å². The van der Waals surface area contributed by atoms with Gasteiger partial charge in [-0.15, -0.1) is 0 Å². The van der Waals surface area contributed by atoms with Gasteiger partial charge in [0.25, 0.3) is 0 Å². The molecule has 0 radical (unpaired) electrons. The molecule has 2 aliphatic carbocycles. The molecule has 0 atom stereocenters. The highest BCUT2D eigenvalue weighted by Crippen LogP contribution is 2.38. The summed E-state index contributed by atoms with van der Waals surface area (Å²) in [6.07, 6.45) is 29.7. The third kappa shape index (κ3) is 15.2. The number of thioether (sulfide) groups is 1. The third-order valence-corrected chi connectivity index (χ3v) is 10.0. The molecule has 0 amide bonds. The highest BCUT2D eigenvalue weighted by Gasteiger charge is 2.36. The summed E-state index contributed by atoms with van der Waals surface area (Å²) in [4.78, 5) is 25.5. The van der Waals surface area contributed by atoms with Crippen molar-refractivity contribution in [2.24, 2.45) is 0 Å². The predicted octanol–water partition coefficient (Wildman–Crippen LogP) is 10.5. The summed E-state index contributed by atoms with van der Waals surface area (Å²) in [6.45, 7) is 4.51. The van der Waals surface area contributed by atoms with Crippen molar-refractivity contribution in [3.63, 3.8) is 0 Å². The van der Waals surface area contributed by atoms with Crippen molar-refractivity contribution in [1.29, 1.82) is 0 Å². The molecular formula is C34H62O4S. The van der Waals surface area contributed by atoms with E-state index in [2.05, 4.69) is 13.8 Å². The molecule has 2 fully saturated rings. The van der Waals surface area contributed by atoms with E-state index in [-0.39, 0.29) is 23.1 Å². The van der Waals surface area contributed by atoms with Gasteiger partial charge in [-0.25, -0.2) is 0 Å². The number of ether oxygens (including phenoxy) is 2. The summed E-state index contributed by atoms with van der Waals surface area (Å²) in [6, 6.07) is 0. The van der Waals surface area contributed by atoms with Crippen LogP contribution >= 0.6 is 11.8 Å². The maximum atomic E-state index is 12.7. The number of rotatable bonds is 22. The van der Waals surface area contributed by atoms with Gasteiger partial charge in [0.1, 0.15) is 11.2 Å². The summed E-state index contributed by atoms with van der Waals surface area (Å²) in [5.74, 6) is 1.36. The topological polar surface area (TPSA) is 52.6 Å². The van der Waals surface area contributed by atoms with Crippen molar-refractivity contribution < 1.29 is 19.1 Å². The number of carbonyl (C=O) groups excluding carboxylic acids is 2. The van der Waals surface area contributed by atoms with Gasteiger partial charge in [-0.3, -0.25) is 9.59 Å². The van der Waals surface area contributed by atoms with Gasteiger partial charge in [-0.2, -0.15) is 11.8 Å². The smallest absolute Gasteiger partial charge is 0.307 e. The van der Waals surface area contributed by atoms with Crippen LogP contribution in [0.3, 0.4) is 0 Å². The van der Waals surface area contributed by atoms with Crippen molar-refractivity contribution in [3.05, 3.63) is 0 Å². The van der Waals surface area contributed by atoms with E-state index in [1.807, 2.05) is 0 Å². The molecule has 0 bridgehead atoms. The van der Waals surface area contributed by atoms with Gasteiger partial charge in [0.05, 0.1) is 12.8 Å². The molecule has 0 aromatic heterocycles. The standard InChI is InChI=1S/C34H62O4S/c1-3-5-7-9-11-15-23-33(25-17-13-18-26-33)37-31(35)21-29-39-30-22-32(36)38-34(27-19-14-20-28-34)24-16-12-10-8-6-4-2/h3-30H2,1-2H3. The number of carbonyl (C=O) groups is 2. The van der Waals surface area contributed by atoms with Crippen LogP contribution in [0.15, 0.2) is 0 Å². The summed E-state index contributed by atoms with van der Waals surface area (Å²) in [7, 11) is 0. The molecule has 2 saturated carbocycles. The zero-order valence-corrected chi connectivity index (χ0v) is 26.7. The number of hydrogen-bond donors (Lipinski definition) is 0. The lowest BCUT2D eigenvalue weighted by atomic mass is 9.81. The molecule has 0 spiro atoms. The Labute approximate surface area is 245 Å². The van der Waals surface area contributed by atoms with Crippen molar-refractivity contribution >= 4 is 23.7 Å². The Hall–Kier alpha value is -0.710. The first-order valence-electron chi connectivity index (χ1n) is 17.0. The summed E-state index contributed by atoms with van der Waals surface area (Å²) in [5, 5.41) is 0.